The Hall–Kier alpha value is -1.52. The molecule has 0 bridgehead atoms. The maximum Gasteiger partial charge on any atom is 0.320 e. The first kappa shape index (κ1) is 13.5. The molecule has 5 nitrogen and oxygen atoms in total. The van der Waals surface area contributed by atoms with Gasteiger partial charge in [-0.15, -0.1) is 0 Å². The Morgan fingerprint density at radius 3 is 2.88 bits per heavy atom. The molecule has 1 aromatic rings. The van der Waals surface area contributed by atoms with Crippen LogP contribution in [0.25, 0.3) is 0 Å². The Kier molecular flexibility index (Phi) is 5.52. The third-order valence-electron chi connectivity index (χ3n) is 2.49. The van der Waals surface area contributed by atoms with Crippen LogP contribution in [0, 0.1) is 6.92 Å². The van der Waals surface area contributed by atoms with Crippen molar-refractivity contribution >= 4 is 11.8 Å². The zero-order valence-electron chi connectivity index (χ0n) is 10.7. The fourth-order valence-corrected chi connectivity index (χ4v) is 1.57. The van der Waals surface area contributed by atoms with Crippen molar-refractivity contribution in [2.24, 2.45) is 0 Å². The van der Waals surface area contributed by atoms with Crippen molar-refractivity contribution < 1.29 is 9.32 Å². The highest BCUT2D eigenvalue weighted by molar-refractivity contribution is 5.88. The predicted molar refractivity (Wildman–Crippen MR) is 67.0 cm³/mol. The summed E-state index contributed by atoms with van der Waals surface area (Å²) in [5.74, 6) is 1.12. The van der Waals surface area contributed by atoms with E-state index in [1.165, 1.54) is 12.8 Å². The number of amides is 2. The van der Waals surface area contributed by atoms with Crippen LogP contribution >= 0.6 is 0 Å². The van der Waals surface area contributed by atoms with E-state index in [0.29, 0.717) is 11.6 Å². The van der Waals surface area contributed by atoms with Crippen molar-refractivity contribution in [2.75, 3.05) is 5.32 Å². The molecule has 2 N–H and O–H groups in total. The molecule has 0 spiro atoms. The van der Waals surface area contributed by atoms with Gasteiger partial charge in [0.15, 0.2) is 5.82 Å². The quantitative estimate of drug-likeness (QED) is 0.750. The molecule has 0 aliphatic heterocycles. The Bertz CT molecular complexity index is 349. The topological polar surface area (TPSA) is 67.2 Å². The molecule has 1 heterocycles. The second kappa shape index (κ2) is 6.93. The molecule has 0 fully saturated rings. The van der Waals surface area contributed by atoms with Crippen LogP contribution in [0.5, 0.6) is 0 Å². The van der Waals surface area contributed by atoms with Gasteiger partial charge in [-0.05, 0) is 20.3 Å². The van der Waals surface area contributed by atoms with E-state index in [-0.39, 0.29) is 12.1 Å². The third kappa shape index (κ3) is 5.38. The monoisotopic (exact) mass is 239 g/mol. The van der Waals surface area contributed by atoms with Gasteiger partial charge in [-0.1, -0.05) is 31.3 Å². The summed E-state index contributed by atoms with van der Waals surface area (Å²) in [5, 5.41) is 9.19. The molecule has 0 aliphatic rings. The molecule has 96 valence electrons. The van der Waals surface area contributed by atoms with Gasteiger partial charge in [0.05, 0.1) is 0 Å². The SMILES string of the molecule is CCCCCC(C)NC(=O)Nc1cc(C)on1. The number of aromatic nitrogens is 1. The summed E-state index contributed by atoms with van der Waals surface area (Å²) in [6, 6.07) is 1.62. The van der Waals surface area contributed by atoms with Gasteiger partial charge in [0, 0.05) is 12.1 Å². The summed E-state index contributed by atoms with van der Waals surface area (Å²) >= 11 is 0. The van der Waals surface area contributed by atoms with Crippen molar-refractivity contribution in [3.63, 3.8) is 0 Å². The lowest BCUT2D eigenvalue weighted by Crippen LogP contribution is -2.36. The highest BCUT2D eigenvalue weighted by atomic mass is 16.5. The molecule has 17 heavy (non-hydrogen) atoms. The highest BCUT2D eigenvalue weighted by Crippen LogP contribution is 2.07. The molecule has 1 rings (SSSR count). The van der Waals surface area contributed by atoms with Crippen LogP contribution in [-0.2, 0) is 0 Å². The second-order valence-electron chi connectivity index (χ2n) is 4.32. The Labute approximate surface area is 102 Å². The van der Waals surface area contributed by atoms with Gasteiger partial charge in [-0.3, -0.25) is 5.32 Å². The third-order valence-corrected chi connectivity index (χ3v) is 2.49. The lowest BCUT2D eigenvalue weighted by Gasteiger charge is -2.13. The maximum absolute atomic E-state index is 11.6. The number of hydrogen-bond donors (Lipinski definition) is 2. The second-order valence-corrected chi connectivity index (χ2v) is 4.32. The van der Waals surface area contributed by atoms with Gasteiger partial charge in [0.1, 0.15) is 5.76 Å². The summed E-state index contributed by atoms with van der Waals surface area (Å²) in [4.78, 5) is 11.6. The van der Waals surface area contributed by atoms with Gasteiger partial charge in [-0.25, -0.2) is 4.79 Å². The van der Waals surface area contributed by atoms with Crippen LogP contribution in [0.3, 0.4) is 0 Å². The molecule has 2 amide bonds. The van der Waals surface area contributed by atoms with E-state index in [1.54, 1.807) is 13.0 Å². The van der Waals surface area contributed by atoms with Crippen molar-refractivity contribution in [3.8, 4) is 0 Å². The highest BCUT2D eigenvalue weighted by Gasteiger charge is 2.08. The number of carbonyl (C=O) groups excluding carboxylic acids is 1. The van der Waals surface area contributed by atoms with Gasteiger partial charge < -0.3 is 9.84 Å². The minimum absolute atomic E-state index is 0.176. The van der Waals surface area contributed by atoms with Crippen molar-refractivity contribution in [3.05, 3.63) is 11.8 Å². The van der Waals surface area contributed by atoms with Crippen molar-refractivity contribution in [2.45, 2.75) is 52.5 Å². The molecule has 1 unspecified atom stereocenters. The number of hydrogen-bond acceptors (Lipinski definition) is 3. The fraction of sp³-hybridized carbons (Fsp3) is 0.667. The number of unbranched alkanes of at least 4 members (excludes halogenated alkanes) is 2. The van der Waals surface area contributed by atoms with Crippen molar-refractivity contribution in [1.82, 2.24) is 10.5 Å². The molecule has 0 aliphatic carbocycles. The standard InChI is InChI=1S/C12H21N3O2/c1-4-5-6-7-9(2)13-12(16)14-11-8-10(3)17-15-11/h8-9H,4-7H2,1-3H3,(H2,13,14,15,16). The number of nitrogens with one attached hydrogen (secondary N) is 2. The summed E-state index contributed by atoms with van der Waals surface area (Å²) in [7, 11) is 0. The van der Waals surface area contributed by atoms with Gasteiger partial charge in [0.25, 0.3) is 0 Å². The van der Waals surface area contributed by atoms with E-state index >= 15 is 0 Å². The first-order valence-corrected chi connectivity index (χ1v) is 6.12. The van der Waals surface area contributed by atoms with Crippen LogP contribution in [0.15, 0.2) is 10.6 Å². The summed E-state index contributed by atoms with van der Waals surface area (Å²) < 4.78 is 4.86. The van der Waals surface area contributed by atoms with Crippen LogP contribution < -0.4 is 10.6 Å². The van der Waals surface area contributed by atoms with E-state index in [2.05, 4.69) is 22.7 Å². The maximum atomic E-state index is 11.6. The number of urea groups is 1. The van der Waals surface area contributed by atoms with Crippen LogP contribution in [0.1, 0.15) is 45.3 Å². The molecule has 0 saturated heterocycles. The first-order chi connectivity index (χ1) is 8.11. The Morgan fingerprint density at radius 1 is 1.53 bits per heavy atom. The minimum Gasteiger partial charge on any atom is -0.360 e. The number of rotatable bonds is 6. The summed E-state index contributed by atoms with van der Waals surface area (Å²) in [5.41, 5.74) is 0. The zero-order chi connectivity index (χ0) is 12.7. The van der Waals surface area contributed by atoms with E-state index < -0.39 is 0 Å². The van der Waals surface area contributed by atoms with E-state index in [0.717, 1.165) is 12.8 Å². The fourth-order valence-electron chi connectivity index (χ4n) is 1.57. The molecule has 5 heteroatoms. The molecule has 1 aromatic heterocycles. The molecule has 0 aromatic carbocycles. The Balaban J connectivity index is 2.24. The van der Waals surface area contributed by atoms with E-state index in [1.807, 2.05) is 6.92 Å². The van der Waals surface area contributed by atoms with Crippen LogP contribution in [0.4, 0.5) is 10.6 Å². The number of aryl methyl sites for hydroxylation is 1. The number of nitrogens with zero attached hydrogens (tertiary/aromatic N) is 1. The number of carbonyl (C=O) groups is 1. The van der Waals surface area contributed by atoms with Crippen LogP contribution in [0.2, 0.25) is 0 Å². The molecular formula is C12H21N3O2. The van der Waals surface area contributed by atoms with Crippen molar-refractivity contribution in [1.29, 1.82) is 0 Å². The van der Waals surface area contributed by atoms with Gasteiger partial charge in [-0.2, -0.15) is 0 Å². The largest absolute Gasteiger partial charge is 0.360 e. The lowest BCUT2D eigenvalue weighted by molar-refractivity contribution is 0.248. The predicted octanol–water partition coefficient (Wildman–Crippen LogP) is 3.07. The van der Waals surface area contributed by atoms with Gasteiger partial charge in [0.2, 0.25) is 0 Å². The summed E-state index contributed by atoms with van der Waals surface area (Å²) in [6.45, 7) is 5.95. The molecular weight excluding hydrogens is 218 g/mol. The van der Waals surface area contributed by atoms with Gasteiger partial charge >= 0.3 is 6.03 Å². The smallest absolute Gasteiger partial charge is 0.320 e. The summed E-state index contributed by atoms with van der Waals surface area (Å²) in [6.07, 6.45) is 4.54. The van der Waals surface area contributed by atoms with E-state index in [9.17, 15) is 4.79 Å². The van der Waals surface area contributed by atoms with Crippen LogP contribution in [-0.4, -0.2) is 17.2 Å². The zero-order valence-corrected chi connectivity index (χ0v) is 10.7. The normalized spacial score (nSPS) is 12.2. The molecule has 0 saturated carbocycles. The average Bonchev–Trinajstić information content (AvgIpc) is 2.64. The Morgan fingerprint density at radius 2 is 2.29 bits per heavy atom. The lowest BCUT2D eigenvalue weighted by atomic mass is 10.1. The van der Waals surface area contributed by atoms with E-state index in [4.69, 9.17) is 4.52 Å². The number of anilines is 1. The average molecular weight is 239 g/mol. The minimum atomic E-state index is -0.234. The molecule has 0 radical (unpaired) electrons. The molecule has 1 atom stereocenters. The first-order valence-electron chi connectivity index (χ1n) is 6.12.